The summed E-state index contributed by atoms with van der Waals surface area (Å²) >= 11 is 0. The van der Waals surface area contributed by atoms with Crippen molar-refractivity contribution in [1.82, 2.24) is 14.8 Å². The van der Waals surface area contributed by atoms with Gasteiger partial charge in [0.2, 0.25) is 5.95 Å². The Bertz CT molecular complexity index is 1460. The zero-order chi connectivity index (χ0) is 27.6. The molecule has 1 unspecified atom stereocenters. The SMILES string of the molecule is CCOC(=O)C1=C(C)N(c2cccc(C(F)(F)F)c2)c2nc(NC(=O)OC)nn2C1c1ccc(C#N)cc1. The molecule has 0 radical (unpaired) electrons. The number of carbonyl (C=O) groups excluding carboxylic acids is 2. The fraction of sp³-hybridized carbons (Fsp3) is 0.240. The Morgan fingerprint density at radius 1 is 1.18 bits per heavy atom. The lowest BCUT2D eigenvalue weighted by Gasteiger charge is -2.35. The van der Waals surface area contributed by atoms with E-state index >= 15 is 0 Å². The molecular weight excluding hydrogens is 505 g/mol. The minimum atomic E-state index is -4.62. The molecule has 1 atom stereocenters. The number of benzene rings is 2. The average Bonchev–Trinajstić information content (AvgIpc) is 3.30. The van der Waals surface area contributed by atoms with Gasteiger partial charge in [0.05, 0.1) is 36.5 Å². The van der Waals surface area contributed by atoms with E-state index in [2.05, 4.69) is 20.1 Å². The first-order chi connectivity index (χ1) is 18.1. The molecule has 0 spiro atoms. The van der Waals surface area contributed by atoms with Gasteiger partial charge in [-0.3, -0.25) is 10.2 Å². The van der Waals surface area contributed by atoms with Crippen molar-refractivity contribution < 1.29 is 32.2 Å². The van der Waals surface area contributed by atoms with Gasteiger partial charge in [-0.15, -0.1) is 5.10 Å². The number of esters is 1. The predicted molar refractivity (Wildman–Crippen MR) is 128 cm³/mol. The smallest absolute Gasteiger partial charge is 0.416 e. The second kappa shape index (κ2) is 10.3. The van der Waals surface area contributed by atoms with Crippen LogP contribution in [0.5, 0.6) is 0 Å². The second-order valence-corrected chi connectivity index (χ2v) is 8.04. The third-order valence-corrected chi connectivity index (χ3v) is 5.74. The molecule has 3 aromatic rings. The van der Waals surface area contributed by atoms with Gasteiger partial charge in [0.1, 0.15) is 6.04 Å². The first-order valence-corrected chi connectivity index (χ1v) is 11.3. The van der Waals surface area contributed by atoms with Crippen molar-refractivity contribution in [1.29, 1.82) is 5.26 Å². The first-order valence-electron chi connectivity index (χ1n) is 11.3. The Balaban J connectivity index is 1.99. The van der Waals surface area contributed by atoms with Gasteiger partial charge >= 0.3 is 18.2 Å². The monoisotopic (exact) mass is 526 g/mol. The highest BCUT2D eigenvalue weighted by Gasteiger charge is 2.40. The Morgan fingerprint density at radius 2 is 1.89 bits per heavy atom. The highest BCUT2D eigenvalue weighted by Crippen LogP contribution is 2.44. The molecule has 38 heavy (non-hydrogen) atoms. The van der Waals surface area contributed by atoms with Crippen LogP contribution in [0.4, 0.5) is 35.5 Å². The number of fused-ring (bicyclic) bond motifs is 1. The van der Waals surface area contributed by atoms with E-state index in [1.54, 1.807) is 38.1 Å². The fourth-order valence-corrected chi connectivity index (χ4v) is 4.07. The average molecular weight is 526 g/mol. The number of amides is 1. The van der Waals surface area contributed by atoms with Crippen molar-refractivity contribution in [3.05, 3.63) is 76.5 Å². The van der Waals surface area contributed by atoms with E-state index in [4.69, 9.17) is 4.74 Å². The number of hydrogen-bond acceptors (Lipinski definition) is 8. The molecule has 1 aliphatic heterocycles. The summed E-state index contributed by atoms with van der Waals surface area (Å²) in [6.07, 6.45) is -5.49. The topological polar surface area (TPSA) is 122 Å². The molecular formula is C25H21F3N6O4. The molecule has 0 saturated carbocycles. The highest BCUT2D eigenvalue weighted by molar-refractivity contribution is 5.94. The van der Waals surface area contributed by atoms with Crippen LogP contribution in [0.25, 0.3) is 0 Å². The number of nitrogens with one attached hydrogen (secondary N) is 1. The van der Waals surface area contributed by atoms with E-state index < -0.39 is 29.8 Å². The van der Waals surface area contributed by atoms with Gasteiger partial charge in [-0.05, 0) is 49.7 Å². The predicted octanol–water partition coefficient (Wildman–Crippen LogP) is 4.93. The summed E-state index contributed by atoms with van der Waals surface area (Å²) in [5.41, 5.74) is 0.355. The summed E-state index contributed by atoms with van der Waals surface area (Å²) in [6.45, 7) is 3.21. The van der Waals surface area contributed by atoms with Crippen LogP contribution >= 0.6 is 0 Å². The lowest BCUT2D eigenvalue weighted by Crippen LogP contribution is -2.34. The summed E-state index contributed by atoms with van der Waals surface area (Å²) < 4.78 is 51.8. The largest absolute Gasteiger partial charge is 0.463 e. The van der Waals surface area contributed by atoms with Gasteiger partial charge in [0.25, 0.3) is 5.95 Å². The third-order valence-electron chi connectivity index (χ3n) is 5.74. The van der Waals surface area contributed by atoms with E-state index in [1.807, 2.05) is 6.07 Å². The molecule has 1 aromatic heterocycles. The van der Waals surface area contributed by atoms with Gasteiger partial charge < -0.3 is 9.47 Å². The molecule has 2 aromatic carbocycles. The quantitative estimate of drug-likeness (QED) is 0.465. The van der Waals surface area contributed by atoms with E-state index in [0.717, 1.165) is 19.2 Å². The Kier molecular flexibility index (Phi) is 7.07. The molecule has 10 nitrogen and oxygen atoms in total. The number of alkyl halides is 3. The van der Waals surface area contributed by atoms with Crippen LogP contribution in [0.15, 0.2) is 59.8 Å². The zero-order valence-electron chi connectivity index (χ0n) is 20.4. The van der Waals surface area contributed by atoms with E-state index in [1.165, 1.54) is 21.7 Å². The minimum Gasteiger partial charge on any atom is -0.463 e. The van der Waals surface area contributed by atoms with Crippen LogP contribution in [-0.4, -0.2) is 40.5 Å². The van der Waals surface area contributed by atoms with E-state index in [-0.39, 0.29) is 35.5 Å². The molecule has 196 valence electrons. The summed E-state index contributed by atoms with van der Waals surface area (Å²) in [4.78, 5) is 30.8. The Labute approximate surface area is 214 Å². The van der Waals surface area contributed by atoms with Crippen molar-refractivity contribution in [2.24, 2.45) is 0 Å². The maximum atomic E-state index is 13.5. The van der Waals surface area contributed by atoms with Crippen LogP contribution in [0.2, 0.25) is 0 Å². The maximum Gasteiger partial charge on any atom is 0.416 e. The first kappa shape index (κ1) is 26.2. The number of methoxy groups -OCH3 is 1. The van der Waals surface area contributed by atoms with Crippen molar-refractivity contribution in [3.8, 4) is 6.07 Å². The number of ether oxygens (including phenoxy) is 2. The fourth-order valence-electron chi connectivity index (χ4n) is 4.07. The normalized spacial score (nSPS) is 15.0. The van der Waals surface area contributed by atoms with Crippen molar-refractivity contribution >= 4 is 29.6 Å². The molecule has 1 N–H and O–H groups in total. The van der Waals surface area contributed by atoms with Crippen LogP contribution in [-0.2, 0) is 20.4 Å². The lowest BCUT2D eigenvalue weighted by atomic mass is 9.94. The third kappa shape index (κ3) is 4.88. The van der Waals surface area contributed by atoms with Crippen molar-refractivity contribution in [2.45, 2.75) is 26.1 Å². The van der Waals surface area contributed by atoms with Crippen LogP contribution in [0.1, 0.15) is 36.6 Å². The number of aromatic nitrogens is 3. The molecule has 0 fully saturated rings. The van der Waals surface area contributed by atoms with Gasteiger partial charge in [-0.1, -0.05) is 18.2 Å². The molecule has 4 rings (SSSR count). The number of anilines is 3. The van der Waals surface area contributed by atoms with E-state index in [9.17, 15) is 28.0 Å². The standard InChI is InChI=1S/C25H21F3N6O4/c1-4-38-21(35)19-14(2)33(18-7-5-6-17(12-18)25(26,27)28)23-30-22(31-24(36)37-3)32-34(23)20(19)16-10-8-15(13-29)9-11-16/h5-12,20H,4H2,1-3H3,(H,31,32,36). The molecule has 13 heteroatoms. The second-order valence-electron chi connectivity index (χ2n) is 8.04. The zero-order valence-corrected chi connectivity index (χ0v) is 20.4. The number of nitrogens with zero attached hydrogens (tertiary/aromatic N) is 5. The number of nitriles is 1. The van der Waals surface area contributed by atoms with Crippen molar-refractivity contribution in [3.63, 3.8) is 0 Å². The number of rotatable bonds is 5. The summed E-state index contributed by atoms with van der Waals surface area (Å²) in [5, 5.41) is 15.9. The molecule has 1 amide bonds. The highest BCUT2D eigenvalue weighted by atomic mass is 19.4. The molecule has 2 heterocycles. The van der Waals surface area contributed by atoms with Crippen LogP contribution in [0, 0.1) is 11.3 Å². The Morgan fingerprint density at radius 3 is 2.50 bits per heavy atom. The molecule has 0 bridgehead atoms. The van der Waals surface area contributed by atoms with Crippen molar-refractivity contribution in [2.75, 3.05) is 23.9 Å². The van der Waals surface area contributed by atoms with Gasteiger partial charge in [0, 0.05) is 11.4 Å². The Hall–Kier alpha value is -4.86. The lowest BCUT2D eigenvalue weighted by molar-refractivity contribution is -0.139. The summed E-state index contributed by atoms with van der Waals surface area (Å²) in [6, 6.07) is 11.9. The minimum absolute atomic E-state index is 0.0237. The number of allylic oxidation sites excluding steroid dienone is 1. The van der Waals surface area contributed by atoms with Gasteiger partial charge in [-0.25, -0.2) is 14.3 Å². The number of carbonyl (C=O) groups is 2. The van der Waals surface area contributed by atoms with Gasteiger partial charge in [-0.2, -0.15) is 23.4 Å². The summed E-state index contributed by atoms with van der Waals surface area (Å²) in [7, 11) is 1.14. The molecule has 0 saturated heterocycles. The number of hydrogen-bond donors (Lipinski definition) is 1. The van der Waals surface area contributed by atoms with E-state index in [0.29, 0.717) is 11.1 Å². The number of halogens is 3. The van der Waals surface area contributed by atoms with Crippen LogP contribution in [0.3, 0.4) is 0 Å². The van der Waals surface area contributed by atoms with Crippen LogP contribution < -0.4 is 10.2 Å². The summed E-state index contributed by atoms with van der Waals surface area (Å²) in [5.74, 6) is -0.907. The van der Waals surface area contributed by atoms with Gasteiger partial charge in [0.15, 0.2) is 0 Å². The maximum absolute atomic E-state index is 13.5. The molecule has 1 aliphatic rings. The molecule has 0 aliphatic carbocycles.